The second-order valence-electron chi connectivity index (χ2n) is 7.57. The number of aliphatic hydroxyl groups is 1. The zero-order valence-electron chi connectivity index (χ0n) is 17.5. The minimum absolute atomic E-state index is 0.00971. The van der Waals surface area contributed by atoms with Crippen molar-refractivity contribution in [2.45, 2.75) is 107 Å². The molecule has 0 radical (unpaired) electrons. The van der Waals surface area contributed by atoms with E-state index in [1.165, 1.54) is 0 Å². The third-order valence-electron chi connectivity index (χ3n) is 5.05. The standard InChI is InChI=1S/C18H36O10S2/c1-2-3-4-5-6-10-13-16(29(22,23)24)18(30(25,26)27)15(19)12-9-7-8-11-14-17(20)28-21/h15-16,18-19,21H,2-14H2,1H3,(H,22,23,24)(H,25,26,27). The van der Waals surface area contributed by atoms with Gasteiger partial charge >= 0.3 is 5.97 Å². The summed E-state index contributed by atoms with van der Waals surface area (Å²) < 4.78 is 66.3. The van der Waals surface area contributed by atoms with Gasteiger partial charge in [-0.05, 0) is 19.3 Å². The number of aliphatic hydroxyl groups excluding tert-OH is 1. The van der Waals surface area contributed by atoms with Gasteiger partial charge in [-0.25, -0.2) is 4.79 Å². The highest BCUT2D eigenvalue weighted by Gasteiger charge is 2.44. The van der Waals surface area contributed by atoms with E-state index in [2.05, 4.69) is 11.8 Å². The molecule has 0 aliphatic carbocycles. The lowest BCUT2D eigenvalue weighted by Gasteiger charge is -2.26. The minimum atomic E-state index is -4.94. The topological polar surface area (TPSA) is 176 Å². The molecule has 0 aliphatic rings. The van der Waals surface area contributed by atoms with Crippen molar-refractivity contribution in [2.24, 2.45) is 0 Å². The molecule has 0 fully saturated rings. The van der Waals surface area contributed by atoms with E-state index in [0.717, 1.165) is 25.7 Å². The highest BCUT2D eigenvalue weighted by Crippen LogP contribution is 2.25. The van der Waals surface area contributed by atoms with Gasteiger partial charge in [-0.15, -0.1) is 0 Å². The molecule has 180 valence electrons. The first-order chi connectivity index (χ1) is 13.9. The van der Waals surface area contributed by atoms with E-state index >= 15 is 0 Å². The number of carbonyl (C=O) groups excluding carboxylic acids is 1. The molecule has 10 nitrogen and oxygen atoms in total. The number of hydrogen-bond acceptors (Lipinski definition) is 8. The van der Waals surface area contributed by atoms with Crippen LogP contribution in [0.25, 0.3) is 0 Å². The van der Waals surface area contributed by atoms with Crippen LogP contribution >= 0.6 is 0 Å². The SMILES string of the molecule is CCCCCCCCC(C(C(O)CCCCCCC(=O)OO)S(=O)(=O)O)S(=O)(=O)O. The summed E-state index contributed by atoms with van der Waals surface area (Å²) in [6.45, 7) is 2.05. The quantitative estimate of drug-likeness (QED) is 0.0995. The molecule has 3 atom stereocenters. The molecule has 0 aliphatic heterocycles. The number of carbonyl (C=O) groups is 1. The van der Waals surface area contributed by atoms with Crippen LogP contribution in [0.15, 0.2) is 0 Å². The molecule has 0 amide bonds. The summed E-state index contributed by atoms with van der Waals surface area (Å²) in [7, 11) is -9.75. The molecule has 0 bridgehead atoms. The second-order valence-corrected chi connectivity index (χ2v) is 10.8. The lowest BCUT2D eigenvalue weighted by Crippen LogP contribution is -2.47. The van der Waals surface area contributed by atoms with Gasteiger partial charge in [0.1, 0.15) is 10.5 Å². The largest absolute Gasteiger partial charge is 0.392 e. The van der Waals surface area contributed by atoms with E-state index < -0.39 is 42.8 Å². The van der Waals surface area contributed by atoms with Crippen molar-refractivity contribution < 1.29 is 46.0 Å². The number of unbranched alkanes of at least 4 members (excludes halogenated alkanes) is 8. The Kier molecular flexibility index (Phi) is 14.7. The summed E-state index contributed by atoms with van der Waals surface area (Å²) in [4.78, 5) is 14.3. The summed E-state index contributed by atoms with van der Waals surface area (Å²) in [6.07, 6.45) is 4.70. The van der Waals surface area contributed by atoms with Crippen molar-refractivity contribution in [1.82, 2.24) is 0 Å². The Bertz CT molecular complexity index is 675. The van der Waals surface area contributed by atoms with Gasteiger partial charge in [-0.2, -0.15) is 22.1 Å². The van der Waals surface area contributed by atoms with Crippen molar-refractivity contribution in [3.05, 3.63) is 0 Å². The molecule has 30 heavy (non-hydrogen) atoms. The molecule has 0 saturated heterocycles. The van der Waals surface area contributed by atoms with Crippen molar-refractivity contribution in [1.29, 1.82) is 0 Å². The van der Waals surface area contributed by atoms with Crippen LogP contribution in [0.4, 0.5) is 0 Å². The van der Waals surface area contributed by atoms with Crippen molar-refractivity contribution in [3.8, 4) is 0 Å². The van der Waals surface area contributed by atoms with E-state index in [4.69, 9.17) is 5.26 Å². The Morgan fingerprint density at radius 2 is 1.30 bits per heavy atom. The van der Waals surface area contributed by atoms with Crippen LogP contribution in [0, 0.1) is 0 Å². The van der Waals surface area contributed by atoms with Gasteiger partial charge < -0.3 is 9.99 Å². The molecule has 0 aromatic carbocycles. The predicted octanol–water partition coefficient (Wildman–Crippen LogP) is 2.97. The number of hydrogen-bond donors (Lipinski definition) is 4. The smallest absolute Gasteiger partial charge is 0.342 e. The van der Waals surface area contributed by atoms with E-state index in [9.17, 15) is 35.8 Å². The first-order valence-electron chi connectivity index (χ1n) is 10.4. The molecule has 0 saturated carbocycles. The first-order valence-corrected chi connectivity index (χ1v) is 13.4. The fourth-order valence-electron chi connectivity index (χ4n) is 3.43. The van der Waals surface area contributed by atoms with E-state index in [-0.39, 0.29) is 19.3 Å². The van der Waals surface area contributed by atoms with E-state index in [1.54, 1.807) is 0 Å². The van der Waals surface area contributed by atoms with E-state index in [0.29, 0.717) is 38.5 Å². The van der Waals surface area contributed by atoms with Crippen LogP contribution in [-0.4, -0.2) is 58.9 Å². The van der Waals surface area contributed by atoms with Crippen LogP contribution in [0.1, 0.15) is 90.4 Å². The van der Waals surface area contributed by atoms with Gasteiger partial charge in [0.05, 0.1) is 6.10 Å². The van der Waals surface area contributed by atoms with Crippen LogP contribution in [0.3, 0.4) is 0 Å². The Balaban J connectivity index is 4.85. The Morgan fingerprint density at radius 3 is 1.80 bits per heavy atom. The summed E-state index contributed by atoms with van der Waals surface area (Å²) >= 11 is 0. The van der Waals surface area contributed by atoms with Gasteiger partial charge in [0.25, 0.3) is 20.2 Å². The molecule has 0 heterocycles. The fourth-order valence-corrected chi connectivity index (χ4v) is 6.31. The highest BCUT2D eigenvalue weighted by molar-refractivity contribution is 7.90. The van der Waals surface area contributed by atoms with Gasteiger partial charge in [0, 0.05) is 6.42 Å². The molecule has 0 rings (SSSR count). The Morgan fingerprint density at radius 1 is 0.800 bits per heavy atom. The average Bonchev–Trinajstić information content (AvgIpc) is 2.63. The first kappa shape index (κ1) is 29.2. The number of rotatable bonds is 18. The molecular weight excluding hydrogens is 440 g/mol. The molecule has 4 N–H and O–H groups in total. The average molecular weight is 477 g/mol. The fraction of sp³-hybridized carbons (Fsp3) is 0.944. The summed E-state index contributed by atoms with van der Waals surface area (Å²) in [5.41, 5.74) is 0. The molecule has 0 spiro atoms. The van der Waals surface area contributed by atoms with E-state index in [1.807, 2.05) is 0 Å². The van der Waals surface area contributed by atoms with Crippen LogP contribution in [0.5, 0.6) is 0 Å². The lowest BCUT2D eigenvalue weighted by molar-refractivity contribution is -0.234. The third-order valence-corrected chi connectivity index (χ3v) is 7.84. The third kappa shape index (κ3) is 12.8. The molecule has 12 heteroatoms. The van der Waals surface area contributed by atoms with Crippen molar-refractivity contribution in [3.63, 3.8) is 0 Å². The zero-order chi connectivity index (χ0) is 23.2. The highest BCUT2D eigenvalue weighted by atomic mass is 32.2. The van der Waals surface area contributed by atoms with Crippen molar-refractivity contribution >= 4 is 26.2 Å². The minimum Gasteiger partial charge on any atom is -0.392 e. The molecule has 0 aromatic heterocycles. The maximum Gasteiger partial charge on any atom is 0.342 e. The molecular formula is C18H36O10S2. The molecule has 3 unspecified atom stereocenters. The van der Waals surface area contributed by atoms with Crippen LogP contribution in [0.2, 0.25) is 0 Å². The Labute approximate surface area is 179 Å². The molecule has 0 aromatic rings. The lowest BCUT2D eigenvalue weighted by atomic mass is 10.0. The van der Waals surface area contributed by atoms with Gasteiger partial charge in [-0.1, -0.05) is 64.7 Å². The van der Waals surface area contributed by atoms with Gasteiger partial charge in [0.2, 0.25) is 0 Å². The van der Waals surface area contributed by atoms with Gasteiger partial charge in [0.15, 0.2) is 0 Å². The summed E-state index contributed by atoms with van der Waals surface area (Å²) in [6, 6.07) is 0. The summed E-state index contributed by atoms with van der Waals surface area (Å²) in [5, 5.41) is 14.6. The maximum atomic E-state index is 11.8. The van der Waals surface area contributed by atoms with Crippen LogP contribution in [-0.2, 0) is 29.9 Å². The monoisotopic (exact) mass is 476 g/mol. The second kappa shape index (κ2) is 15.1. The maximum absolute atomic E-state index is 11.8. The van der Waals surface area contributed by atoms with Gasteiger partial charge in [-0.3, -0.25) is 9.11 Å². The van der Waals surface area contributed by atoms with Crippen molar-refractivity contribution in [2.75, 3.05) is 0 Å². The normalized spacial score (nSPS) is 15.5. The van der Waals surface area contributed by atoms with Crippen LogP contribution < -0.4 is 0 Å². The summed E-state index contributed by atoms with van der Waals surface area (Å²) in [5.74, 6) is -0.771. The predicted molar refractivity (Wildman–Crippen MR) is 111 cm³/mol. The zero-order valence-corrected chi connectivity index (χ0v) is 19.1. The Hall–Kier alpha value is -0.790.